The number of alkyl halides is 2. The number of sulfonamides is 1. The molecule has 2 aromatic rings. The van der Waals surface area contributed by atoms with E-state index in [0.29, 0.717) is 61.6 Å². The van der Waals surface area contributed by atoms with Gasteiger partial charge < -0.3 is 20.5 Å². The van der Waals surface area contributed by atoms with Gasteiger partial charge in [-0.3, -0.25) is 4.79 Å². The molecule has 1 aromatic carbocycles. The third kappa shape index (κ3) is 5.73. The minimum Gasteiger partial charge on any atom is -0.367 e. The highest BCUT2D eigenvalue weighted by Gasteiger charge is 2.47. The van der Waals surface area contributed by atoms with Crippen LogP contribution < -0.4 is 14.9 Å². The molecule has 1 aliphatic heterocycles. The predicted molar refractivity (Wildman–Crippen MR) is 141 cm³/mol. The molecule has 2 saturated carbocycles. The second kappa shape index (κ2) is 10.7. The van der Waals surface area contributed by atoms with E-state index in [1.54, 1.807) is 0 Å². The molecule has 208 valence electrons. The Morgan fingerprint density at radius 3 is 2.46 bits per heavy atom. The van der Waals surface area contributed by atoms with Crippen molar-refractivity contribution in [2.45, 2.75) is 55.4 Å². The number of piperazine rings is 1. The number of nitriles is 1. The van der Waals surface area contributed by atoms with Crippen molar-refractivity contribution in [3.05, 3.63) is 22.7 Å². The maximum absolute atomic E-state index is 13.3. The van der Waals surface area contributed by atoms with Gasteiger partial charge in [-0.1, -0.05) is 24.2 Å². The van der Waals surface area contributed by atoms with Crippen molar-refractivity contribution >= 4 is 50.0 Å². The summed E-state index contributed by atoms with van der Waals surface area (Å²) in [6.07, 6.45) is 2.98. The second-order valence-corrected chi connectivity index (χ2v) is 12.7. The van der Waals surface area contributed by atoms with E-state index in [1.807, 2.05) is 15.9 Å². The van der Waals surface area contributed by atoms with Crippen LogP contribution in [0.25, 0.3) is 0 Å². The first-order chi connectivity index (χ1) is 18.6. The molecule has 1 saturated heterocycles. The Hall–Kier alpha value is -3.22. The molecule has 11 nitrogen and oxygen atoms in total. The van der Waals surface area contributed by atoms with Gasteiger partial charge in [0.25, 0.3) is 6.43 Å². The number of rotatable bonds is 9. The molecule has 2 aliphatic carbocycles. The van der Waals surface area contributed by atoms with Crippen molar-refractivity contribution in [2.24, 2.45) is 5.92 Å². The van der Waals surface area contributed by atoms with Gasteiger partial charge >= 0.3 is 0 Å². The summed E-state index contributed by atoms with van der Waals surface area (Å²) < 4.78 is 55.3. The summed E-state index contributed by atoms with van der Waals surface area (Å²) in [4.78, 5) is 16.5. The number of halogens is 2. The summed E-state index contributed by atoms with van der Waals surface area (Å²) in [6, 6.07) is 4.75. The van der Waals surface area contributed by atoms with E-state index >= 15 is 0 Å². The van der Waals surface area contributed by atoms with Crippen molar-refractivity contribution in [3.63, 3.8) is 0 Å². The highest BCUT2D eigenvalue weighted by Crippen LogP contribution is 2.39. The Morgan fingerprint density at radius 2 is 1.90 bits per heavy atom. The number of aromatic nitrogens is 2. The van der Waals surface area contributed by atoms with E-state index in [2.05, 4.69) is 20.2 Å². The third-order valence-corrected chi connectivity index (χ3v) is 9.75. The molecule has 0 spiro atoms. The molecular weight excluding hydrogens is 550 g/mol. The molecule has 15 heteroatoms. The average molecular weight is 579 g/mol. The SMILES string of the molecule is N#CC1(NS(=O)(=O)c2cc(Nc3nnc(C(F)F)s3)c(C=N)c(N3CCN(C(=O)C4CCCC4)CC3)c2)CC1. The van der Waals surface area contributed by atoms with Gasteiger partial charge in [-0.15, -0.1) is 10.2 Å². The number of benzene rings is 1. The zero-order valence-electron chi connectivity index (χ0n) is 21.0. The van der Waals surface area contributed by atoms with Crippen LogP contribution >= 0.6 is 11.3 Å². The van der Waals surface area contributed by atoms with Crippen molar-refractivity contribution in [3.8, 4) is 6.07 Å². The number of nitrogens with one attached hydrogen (secondary N) is 3. The topological polar surface area (TPSA) is 155 Å². The van der Waals surface area contributed by atoms with Crippen LogP contribution in [-0.4, -0.2) is 67.4 Å². The van der Waals surface area contributed by atoms with Gasteiger partial charge in [-0.2, -0.15) is 9.98 Å². The molecule has 0 radical (unpaired) electrons. The van der Waals surface area contributed by atoms with Crippen LogP contribution in [0, 0.1) is 22.7 Å². The Morgan fingerprint density at radius 1 is 1.21 bits per heavy atom. The van der Waals surface area contributed by atoms with Crippen molar-refractivity contribution in [1.82, 2.24) is 19.8 Å². The molecular formula is C24H28F2N8O3S2. The van der Waals surface area contributed by atoms with Gasteiger partial charge in [0.2, 0.25) is 21.1 Å². The lowest BCUT2D eigenvalue weighted by atomic mass is 10.1. The fraction of sp³-hybridized carbons (Fsp3) is 0.542. The van der Waals surface area contributed by atoms with Gasteiger partial charge in [0.05, 0.1) is 16.7 Å². The predicted octanol–water partition coefficient (Wildman–Crippen LogP) is 3.39. The van der Waals surface area contributed by atoms with Crippen LogP contribution in [-0.2, 0) is 14.8 Å². The zero-order valence-corrected chi connectivity index (χ0v) is 22.6. The fourth-order valence-corrected chi connectivity index (χ4v) is 7.08. The first-order valence-corrected chi connectivity index (χ1v) is 15.0. The summed E-state index contributed by atoms with van der Waals surface area (Å²) in [7, 11) is -4.14. The van der Waals surface area contributed by atoms with Crippen molar-refractivity contribution in [1.29, 1.82) is 10.7 Å². The Labute approximate surface area is 228 Å². The third-order valence-electron chi connectivity index (χ3n) is 7.39. The normalized spacial score (nSPS) is 19.2. The minimum atomic E-state index is -4.14. The van der Waals surface area contributed by atoms with E-state index in [0.717, 1.165) is 31.9 Å². The minimum absolute atomic E-state index is 0.0181. The first kappa shape index (κ1) is 27.4. The smallest absolute Gasteiger partial charge is 0.291 e. The first-order valence-electron chi connectivity index (χ1n) is 12.7. The van der Waals surface area contributed by atoms with E-state index in [9.17, 15) is 27.3 Å². The summed E-state index contributed by atoms with van der Waals surface area (Å²) in [5.74, 6) is 0.212. The molecule has 5 rings (SSSR count). The summed E-state index contributed by atoms with van der Waals surface area (Å²) in [5, 5.41) is 27.1. The van der Waals surface area contributed by atoms with Crippen LogP contribution in [0.2, 0.25) is 0 Å². The molecule has 1 aromatic heterocycles. The molecule has 3 N–H and O–H groups in total. The van der Waals surface area contributed by atoms with Gasteiger partial charge in [0, 0.05) is 49.6 Å². The molecule has 3 aliphatic rings. The molecule has 0 atom stereocenters. The van der Waals surface area contributed by atoms with Crippen molar-refractivity contribution < 1.29 is 22.0 Å². The number of amides is 1. The van der Waals surface area contributed by atoms with E-state index in [-0.39, 0.29) is 27.5 Å². The van der Waals surface area contributed by atoms with E-state index in [4.69, 9.17) is 5.41 Å². The van der Waals surface area contributed by atoms with Crippen LogP contribution in [0.4, 0.5) is 25.3 Å². The number of carbonyl (C=O) groups excluding carboxylic acids is 1. The maximum atomic E-state index is 13.3. The molecule has 2 heterocycles. The van der Waals surface area contributed by atoms with E-state index < -0.39 is 27.0 Å². The van der Waals surface area contributed by atoms with Crippen molar-refractivity contribution in [2.75, 3.05) is 36.4 Å². The second-order valence-electron chi connectivity index (χ2n) is 10.0. The lowest BCUT2D eigenvalue weighted by Crippen LogP contribution is -2.50. The Bertz CT molecular complexity index is 1410. The number of hydrogen-bond donors (Lipinski definition) is 3. The van der Waals surface area contributed by atoms with Crippen LogP contribution in [0.1, 0.15) is 55.5 Å². The highest BCUT2D eigenvalue weighted by atomic mass is 32.2. The van der Waals surface area contributed by atoms with Gasteiger partial charge in [0.15, 0.2) is 5.01 Å². The molecule has 3 fully saturated rings. The van der Waals surface area contributed by atoms with Crippen LogP contribution in [0.5, 0.6) is 0 Å². The number of anilines is 3. The summed E-state index contributed by atoms with van der Waals surface area (Å²) >= 11 is 0.625. The number of nitrogens with zero attached hydrogens (tertiary/aromatic N) is 5. The van der Waals surface area contributed by atoms with E-state index in [1.165, 1.54) is 12.1 Å². The standard InChI is InChI=1S/C24H28F2N8O3S2/c25-20(26)21-30-31-23(38-21)29-18-11-16(39(36,37)32-24(14-28)5-6-24)12-19(17(18)13-27)33-7-9-34(10-8-33)22(35)15-3-1-2-4-15/h11-13,15,20,27,32H,1-10H2,(H,29,31). The van der Waals surface area contributed by atoms with Gasteiger partial charge in [-0.05, 0) is 37.8 Å². The quantitative estimate of drug-likeness (QED) is 0.383. The van der Waals surface area contributed by atoms with Crippen LogP contribution in [0.3, 0.4) is 0 Å². The Balaban J connectivity index is 1.47. The number of carbonyl (C=O) groups is 1. The van der Waals surface area contributed by atoms with Gasteiger partial charge in [0.1, 0.15) is 5.54 Å². The average Bonchev–Trinajstić information content (AvgIpc) is 3.29. The largest absolute Gasteiger partial charge is 0.367 e. The summed E-state index contributed by atoms with van der Waals surface area (Å²) in [5.41, 5.74) is -0.209. The lowest BCUT2D eigenvalue weighted by Gasteiger charge is -2.38. The van der Waals surface area contributed by atoms with Gasteiger partial charge in [-0.25, -0.2) is 17.2 Å². The monoisotopic (exact) mass is 578 g/mol. The summed E-state index contributed by atoms with van der Waals surface area (Å²) in [6.45, 7) is 1.76. The molecule has 0 unspecified atom stereocenters. The Kier molecular flexibility index (Phi) is 7.53. The van der Waals surface area contributed by atoms with Crippen LogP contribution in [0.15, 0.2) is 17.0 Å². The molecule has 39 heavy (non-hydrogen) atoms. The molecule has 1 amide bonds. The maximum Gasteiger partial charge on any atom is 0.291 e. The highest BCUT2D eigenvalue weighted by molar-refractivity contribution is 7.89. The molecule has 0 bridgehead atoms. The lowest BCUT2D eigenvalue weighted by molar-refractivity contribution is -0.135. The fourth-order valence-electron chi connectivity index (χ4n) is 5.05. The zero-order chi connectivity index (χ0) is 27.8. The number of hydrogen-bond acceptors (Lipinski definition) is 10.